The highest BCUT2D eigenvalue weighted by Gasteiger charge is 2.27. The number of aromatic nitrogens is 2. The molecule has 1 aromatic carbocycles. The van der Waals surface area contributed by atoms with Gasteiger partial charge >= 0.3 is 0 Å². The fourth-order valence-corrected chi connectivity index (χ4v) is 3.86. The Morgan fingerprint density at radius 1 is 1.35 bits per heavy atom. The van der Waals surface area contributed by atoms with Gasteiger partial charge in [-0.25, -0.2) is 9.37 Å². The van der Waals surface area contributed by atoms with E-state index in [4.69, 9.17) is 4.42 Å². The second-order valence-electron chi connectivity index (χ2n) is 6.55. The Bertz CT molecular complexity index is 928. The summed E-state index contributed by atoms with van der Waals surface area (Å²) < 4.78 is 19.0. The number of fused-ring (bicyclic) bond motifs is 1. The fraction of sp³-hybridized carbons (Fsp3) is 0.368. The van der Waals surface area contributed by atoms with E-state index in [1.165, 1.54) is 12.1 Å². The highest BCUT2D eigenvalue weighted by molar-refractivity contribution is 7.97. The molecule has 1 aliphatic rings. The molecule has 1 saturated heterocycles. The maximum atomic E-state index is 13.3. The number of rotatable bonds is 4. The first-order valence-electron chi connectivity index (χ1n) is 8.66. The Morgan fingerprint density at radius 3 is 2.92 bits per heavy atom. The molecular weight excluding hydrogens is 353 g/mol. The average Bonchev–Trinajstić information content (AvgIpc) is 3.28. The number of hydrogen-bond acceptors (Lipinski definition) is 4. The number of thioether (sulfide) groups is 1. The van der Waals surface area contributed by atoms with Crippen molar-refractivity contribution in [3.05, 3.63) is 53.5 Å². The largest absolute Gasteiger partial charge is 0.455 e. The predicted molar refractivity (Wildman–Crippen MR) is 99.9 cm³/mol. The van der Waals surface area contributed by atoms with Crippen LogP contribution in [0.3, 0.4) is 0 Å². The number of halogens is 1. The number of furan rings is 1. The number of benzene rings is 1. The summed E-state index contributed by atoms with van der Waals surface area (Å²) in [6.07, 6.45) is 3.65. The summed E-state index contributed by atoms with van der Waals surface area (Å²) in [5.41, 5.74) is 1.49. The van der Waals surface area contributed by atoms with Crippen LogP contribution < -0.4 is 0 Å². The van der Waals surface area contributed by atoms with Crippen molar-refractivity contribution < 1.29 is 13.6 Å². The second kappa shape index (κ2) is 7.15. The second-order valence-corrected chi connectivity index (χ2v) is 7.41. The summed E-state index contributed by atoms with van der Waals surface area (Å²) in [5.74, 6) is 2.80. The van der Waals surface area contributed by atoms with E-state index in [1.807, 2.05) is 17.2 Å². The summed E-state index contributed by atoms with van der Waals surface area (Å²) in [6.45, 7) is 1.32. The molecule has 3 aromatic rings. The molecule has 0 saturated carbocycles. The van der Waals surface area contributed by atoms with E-state index in [-0.39, 0.29) is 17.6 Å². The predicted octanol–water partition coefficient (Wildman–Crippen LogP) is 4.18. The van der Waals surface area contributed by atoms with Crippen molar-refractivity contribution in [1.29, 1.82) is 0 Å². The molecule has 1 amide bonds. The van der Waals surface area contributed by atoms with Crippen LogP contribution in [0.4, 0.5) is 4.39 Å². The van der Waals surface area contributed by atoms with Gasteiger partial charge in [0.1, 0.15) is 17.4 Å². The fourth-order valence-electron chi connectivity index (χ4n) is 3.42. The minimum absolute atomic E-state index is 0.0533. The molecule has 0 spiro atoms. The van der Waals surface area contributed by atoms with Gasteiger partial charge in [0.05, 0.1) is 16.8 Å². The zero-order valence-corrected chi connectivity index (χ0v) is 15.3. The minimum atomic E-state index is -0.271. The SMILES string of the molecule is CSCc1ccc(C(=O)N2CCC(c3nc4ccc(F)cc4[nH]3)CC2)o1. The van der Waals surface area contributed by atoms with Crippen LogP contribution in [-0.2, 0) is 5.75 Å². The van der Waals surface area contributed by atoms with Crippen LogP contribution in [-0.4, -0.2) is 40.1 Å². The summed E-state index contributed by atoms with van der Waals surface area (Å²) in [6, 6.07) is 8.20. The van der Waals surface area contributed by atoms with Crippen molar-refractivity contribution in [3.63, 3.8) is 0 Å². The van der Waals surface area contributed by atoms with Crippen LogP contribution in [0.5, 0.6) is 0 Å². The van der Waals surface area contributed by atoms with Crippen molar-refractivity contribution in [2.45, 2.75) is 24.5 Å². The summed E-state index contributed by atoms with van der Waals surface area (Å²) >= 11 is 1.66. The first-order valence-corrected chi connectivity index (χ1v) is 10.1. The lowest BCUT2D eigenvalue weighted by atomic mass is 9.96. The van der Waals surface area contributed by atoms with Crippen molar-refractivity contribution in [1.82, 2.24) is 14.9 Å². The summed E-state index contributed by atoms with van der Waals surface area (Å²) in [4.78, 5) is 22.2. The molecule has 0 atom stereocenters. The third-order valence-electron chi connectivity index (χ3n) is 4.79. The lowest BCUT2D eigenvalue weighted by molar-refractivity contribution is 0.0677. The monoisotopic (exact) mass is 373 g/mol. The molecule has 136 valence electrons. The number of nitrogens with zero attached hydrogens (tertiary/aromatic N) is 2. The number of amides is 1. The molecule has 0 unspecified atom stereocenters. The quantitative estimate of drug-likeness (QED) is 0.745. The number of carbonyl (C=O) groups is 1. The Morgan fingerprint density at radius 2 is 2.15 bits per heavy atom. The van der Waals surface area contributed by atoms with Crippen LogP contribution >= 0.6 is 11.8 Å². The molecule has 26 heavy (non-hydrogen) atoms. The van der Waals surface area contributed by atoms with E-state index in [0.717, 1.165) is 41.2 Å². The molecule has 1 N–H and O–H groups in total. The molecule has 1 fully saturated rings. The van der Waals surface area contributed by atoms with E-state index in [0.29, 0.717) is 18.8 Å². The van der Waals surface area contributed by atoms with E-state index in [2.05, 4.69) is 9.97 Å². The Kier molecular flexibility index (Phi) is 4.72. The Hall–Kier alpha value is -2.28. The topological polar surface area (TPSA) is 62.1 Å². The smallest absolute Gasteiger partial charge is 0.289 e. The van der Waals surface area contributed by atoms with Crippen LogP contribution in [0.25, 0.3) is 11.0 Å². The van der Waals surface area contributed by atoms with Crippen LogP contribution in [0.15, 0.2) is 34.7 Å². The van der Waals surface area contributed by atoms with E-state index in [9.17, 15) is 9.18 Å². The van der Waals surface area contributed by atoms with Gasteiger partial charge in [-0.2, -0.15) is 11.8 Å². The molecule has 1 aliphatic heterocycles. The van der Waals surface area contributed by atoms with Crippen molar-refractivity contribution in [2.75, 3.05) is 19.3 Å². The highest BCUT2D eigenvalue weighted by atomic mass is 32.2. The minimum Gasteiger partial charge on any atom is -0.455 e. The van der Waals surface area contributed by atoms with E-state index >= 15 is 0 Å². The van der Waals surface area contributed by atoms with Crippen LogP contribution in [0, 0.1) is 5.82 Å². The lowest BCUT2D eigenvalue weighted by Gasteiger charge is -2.30. The van der Waals surface area contributed by atoms with Crippen molar-refractivity contribution in [2.24, 2.45) is 0 Å². The van der Waals surface area contributed by atoms with Gasteiger partial charge in [0.15, 0.2) is 5.76 Å². The molecule has 2 aromatic heterocycles. The van der Waals surface area contributed by atoms with Gasteiger partial charge in [0, 0.05) is 19.0 Å². The van der Waals surface area contributed by atoms with Gasteiger partial charge in [-0.3, -0.25) is 4.79 Å². The maximum absolute atomic E-state index is 13.3. The Labute approximate surface area is 155 Å². The highest BCUT2D eigenvalue weighted by Crippen LogP contribution is 2.29. The van der Waals surface area contributed by atoms with Gasteiger partial charge in [0.25, 0.3) is 5.91 Å². The first kappa shape index (κ1) is 17.1. The summed E-state index contributed by atoms with van der Waals surface area (Å²) in [7, 11) is 0. The summed E-state index contributed by atoms with van der Waals surface area (Å²) in [5, 5.41) is 0. The molecule has 7 heteroatoms. The number of carbonyl (C=O) groups excluding carboxylic acids is 1. The number of piperidine rings is 1. The maximum Gasteiger partial charge on any atom is 0.289 e. The third kappa shape index (κ3) is 3.35. The number of H-pyrrole nitrogens is 1. The lowest BCUT2D eigenvalue weighted by Crippen LogP contribution is -2.37. The Balaban J connectivity index is 1.41. The van der Waals surface area contributed by atoms with Crippen molar-refractivity contribution in [3.8, 4) is 0 Å². The molecule has 0 aliphatic carbocycles. The van der Waals surface area contributed by atoms with Gasteiger partial charge < -0.3 is 14.3 Å². The van der Waals surface area contributed by atoms with Crippen LogP contribution in [0.2, 0.25) is 0 Å². The average molecular weight is 373 g/mol. The molecule has 3 heterocycles. The standard InChI is InChI=1S/C19H20FN3O2S/c1-26-11-14-3-5-17(25-14)19(24)23-8-6-12(7-9-23)18-21-15-4-2-13(20)10-16(15)22-18/h2-5,10,12H,6-9,11H2,1H3,(H,21,22). The molecule has 0 bridgehead atoms. The van der Waals surface area contributed by atoms with E-state index in [1.54, 1.807) is 23.9 Å². The van der Waals surface area contributed by atoms with Gasteiger partial charge in [-0.15, -0.1) is 0 Å². The number of imidazole rings is 1. The van der Waals surface area contributed by atoms with E-state index < -0.39 is 0 Å². The van der Waals surface area contributed by atoms with Gasteiger partial charge in [-0.05, 0) is 49.4 Å². The zero-order valence-electron chi connectivity index (χ0n) is 14.5. The van der Waals surface area contributed by atoms with Gasteiger partial charge in [-0.1, -0.05) is 0 Å². The molecule has 5 nitrogen and oxygen atoms in total. The van der Waals surface area contributed by atoms with Crippen LogP contribution in [0.1, 0.15) is 40.9 Å². The number of nitrogens with one attached hydrogen (secondary N) is 1. The number of likely N-dealkylation sites (tertiary alicyclic amines) is 1. The number of hydrogen-bond donors (Lipinski definition) is 1. The number of aromatic amines is 1. The normalized spacial score (nSPS) is 15.7. The third-order valence-corrected chi connectivity index (χ3v) is 5.36. The molecule has 4 rings (SSSR count). The first-order chi connectivity index (χ1) is 12.6. The molecule has 0 radical (unpaired) electrons. The molecular formula is C19H20FN3O2S. The van der Waals surface area contributed by atoms with Crippen molar-refractivity contribution >= 4 is 28.7 Å². The van der Waals surface area contributed by atoms with Gasteiger partial charge in [0.2, 0.25) is 0 Å². The zero-order chi connectivity index (χ0) is 18.1.